The van der Waals surface area contributed by atoms with Gasteiger partial charge in [-0.15, -0.1) is 0 Å². The van der Waals surface area contributed by atoms with Crippen molar-refractivity contribution < 1.29 is 27.8 Å². The van der Waals surface area contributed by atoms with E-state index in [0.29, 0.717) is 12.2 Å². The van der Waals surface area contributed by atoms with E-state index >= 15 is 0 Å². The first-order valence-corrected chi connectivity index (χ1v) is 11.8. The third kappa shape index (κ3) is 10.3. The molecule has 184 valence electrons. The number of halogens is 3. The van der Waals surface area contributed by atoms with Gasteiger partial charge < -0.3 is 9.84 Å². The minimum Gasteiger partial charge on any atom is -0.494 e. The molecule has 0 amide bonds. The summed E-state index contributed by atoms with van der Waals surface area (Å²) in [5, 5.41) is 8.97. The topological polar surface area (TPSA) is 46.5 Å². The van der Waals surface area contributed by atoms with Crippen molar-refractivity contribution in [2.45, 2.75) is 64.5 Å². The fourth-order valence-corrected chi connectivity index (χ4v) is 3.53. The number of carbonyl (C=O) groups is 1. The first-order valence-electron chi connectivity index (χ1n) is 11.8. The molecule has 0 fully saturated rings. The molecule has 0 atom stereocenters. The molecule has 0 radical (unpaired) electrons. The zero-order valence-electron chi connectivity index (χ0n) is 19.6. The van der Waals surface area contributed by atoms with Gasteiger partial charge in [-0.2, -0.15) is 13.2 Å². The van der Waals surface area contributed by atoms with Gasteiger partial charge in [-0.05, 0) is 59.5 Å². The van der Waals surface area contributed by atoms with E-state index in [9.17, 15) is 18.0 Å². The minimum absolute atomic E-state index is 0.280. The van der Waals surface area contributed by atoms with Crippen LogP contribution in [0.4, 0.5) is 13.2 Å². The second-order valence-electron chi connectivity index (χ2n) is 8.24. The molecule has 2 aromatic rings. The van der Waals surface area contributed by atoms with E-state index in [-0.39, 0.29) is 5.56 Å². The second kappa shape index (κ2) is 14.3. The van der Waals surface area contributed by atoms with Crippen molar-refractivity contribution in [2.24, 2.45) is 0 Å². The van der Waals surface area contributed by atoms with Crippen LogP contribution in [0, 0.1) is 0 Å². The molecule has 2 aromatic carbocycles. The van der Waals surface area contributed by atoms with Gasteiger partial charge in [0.25, 0.3) is 0 Å². The summed E-state index contributed by atoms with van der Waals surface area (Å²) in [6.07, 6.45) is 9.19. The van der Waals surface area contributed by atoms with Gasteiger partial charge in [-0.25, -0.2) is 4.79 Å². The molecule has 0 aliphatic heterocycles. The summed E-state index contributed by atoms with van der Waals surface area (Å²) in [6, 6.07) is 12.0. The Morgan fingerprint density at radius 1 is 0.912 bits per heavy atom. The Hall–Kier alpha value is -3.02. The van der Waals surface area contributed by atoms with E-state index in [1.807, 2.05) is 0 Å². The van der Waals surface area contributed by atoms with E-state index in [1.165, 1.54) is 56.7 Å². The van der Waals surface area contributed by atoms with Crippen LogP contribution in [-0.2, 0) is 11.0 Å². The zero-order valence-corrected chi connectivity index (χ0v) is 19.6. The van der Waals surface area contributed by atoms with Crippen molar-refractivity contribution in [3.8, 4) is 5.75 Å². The Bertz CT molecular complexity index is 944. The van der Waals surface area contributed by atoms with Crippen LogP contribution >= 0.6 is 0 Å². The molecule has 0 spiro atoms. The van der Waals surface area contributed by atoms with Gasteiger partial charge in [-0.3, -0.25) is 0 Å². The molecule has 1 N–H and O–H groups in total. The van der Waals surface area contributed by atoms with Crippen LogP contribution in [0.2, 0.25) is 0 Å². The van der Waals surface area contributed by atoms with E-state index < -0.39 is 17.7 Å². The first kappa shape index (κ1) is 27.2. The second-order valence-corrected chi connectivity index (χ2v) is 8.24. The average Bonchev–Trinajstić information content (AvgIpc) is 2.81. The molecule has 0 saturated carbocycles. The summed E-state index contributed by atoms with van der Waals surface area (Å²) < 4.78 is 45.1. The van der Waals surface area contributed by atoms with E-state index in [1.54, 1.807) is 30.3 Å². The third-order valence-electron chi connectivity index (χ3n) is 5.40. The number of unbranched alkanes of at least 4 members (excludes halogenated alkanes) is 7. The van der Waals surface area contributed by atoms with Crippen LogP contribution in [0.25, 0.3) is 11.6 Å². The highest BCUT2D eigenvalue weighted by Gasteiger charge is 2.30. The standard InChI is InChI=1S/C28H33F3O3/c1-2-3-4-5-6-7-8-9-19-34-26-16-13-22(14-17-26)20-24(15-18-27(32)33)23-11-10-12-25(21-23)28(29,30)31/h10-18,20-21H,2-9,19H2,1H3,(H,32,33). The van der Waals surface area contributed by atoms with Gasteiger partial charge in [-0.1, -0.05) is 76.1 Å². The van der Waals surface area contributed by atoms with Crippen molar-refractivity contribution in [1.82, 2.24) is 0 Å². The number of alkyl halides is 3. The lowest BCUT2D eigenvalue weighted by molar-refractivity contribution is -0.137. The van der Waals surface area contributed by atoms with E-state index in [4.69, 9.17) is 9.84 Å². The Morgan fingerprint density at radius 2 is 1.56 bits per heavy atom. The number of benzene rings is 2. The molecule has 3 nitrogen and oxygen atoms in total. The van der Waals surface area contributed by atoms with Crippen LogP contribution < -0.4 is 4.74 Å². The maximum Gasteiger partial charge on any atom is 0.416 e. The molecule has 34 heavy (non-hydrogen) atoms. The van der Waals surface area contributed by atoms with Crippen molar-refractivity contribution in [1.29, 1.82) is 0 Å². The number of rotatable bonds is 14. The number of allylic oxidation sites excluding steroid dienone is 2. The quantitative estimate of drug-likeness (QED) is 0.129. The highest BCUT2D eigenvalue weighted by atomic mass is 19.4. The lowest BCUT2D eigenvalue weighted by Gasteiger charge is -2.10. The van der Waals surface area contributed by atoms with Crippen molar-refractivity contribution >= 4 is 17.6 Å². The fraction of sp³-hybridized carbons (Fsp3) is 0.393. The highest BCUT2D eigenvalue weighted by molar-refractivity contribution is 5.92. The third-order valence-corrected chi connectivity index (χ3v) is 5.40. The van der Waals surface area contributed by atoms with Gasteiger partial charge in [0.1, 0.15) is 5.75 Å². The van der Waals surface area contributed by atoms with E-state index in [2.05, 4.69) is 6.92 Å². The van der Waals surface area contributed by atoms with Crippen molar-refractivity contribution in [3.05, 3.63) is 77.4 Å². The number of carboxylic acids is 1. The largest absolute Gasteiger partial charge is 0.494 e. The molecule has 6 heteroatoms. The summed E-state index contributed by atoms with van der Waals surface area (Å²) in [7, 11) is 0. The predicted octanol–water partition coefficient (Wildman–Crippen LogP) is 8.41. The van der Waals surface area contributed by atoms with Crippen LogP contribution in [-0.4, -0.2) is 17.7 Å². The smallest absolute Gasteiger partial charge is 0.416 e. The van der Waals surface area contributed by atoms with Crippen LogP contribution in [0.3, 0.4) is 0 Å². The molecule has 0 unspecified atom stereocenters. The SMILES string of the molecule is CCCCCCCCCCOc1ccc(C=C(C=CC(=O)O)c2cccc(C(F)(F)F)c2)cc1. The molecule has 0 heterocycles. The lowest BCUT2D eigenvalue weighted by atomic mass is 10.00. The van der Waals surface area contributed by atoms with Gasteiger partial charge in [0.15, 0.2) is 0 Å². The lowest BCUT2D eigenvalue weighted by Crippen LogP contribution is -2.05. The molecular formula is C28H33F3O3. The summed E-state index contributed by atoms with van der Waals surface area (Å²) in [5.41, 5.74) is 0.578. The summed E-state index contributed by atoms with van der Waals surface area (Å²) in [6.45, 7) is 2.85. The van der Waals surface area contributed by atoms with E-state index in [0.717, 1.165) is 42.4 Å². The van der Waals surface area contributed by atoms with Gasteiger partial charge in [0.2, 0.25) is 0 Å². The van der Waals surface area contributed by atoms with Crippen LogP contribution in [0.5, 0.6) is 5.75 Å². The number of aliphatic carboxylic acids is 1. The maximum absolute atomic E-state index is 13.1. The molecule has 0 bridgehead atoms. The van der Waals surface area contributed by atoms with Crippen molar-refractivity contribution in [3.63, 3.8) is 0 Å². The Morgan fingerprint density at radius 3 is 2.18 bits per heavy atom. The van der Waals surface area contributed by atoms with Gasteiger partial charge in [0.05, 0.1) is 12.2 Å². The normalized spacial score (nSPS) is 12.3. The number of hydrogen-bond acceptors (Lipinski definition) is 2. The number of hydrogen-bond donors (Lipinski definition) is 1. The zero-order chi connectivity index (χ0) is 24.8. The molecule has 0 saturated heterocycles. The predicted molar refractivity (Wildman–Crippen MR) is 131 cm³/mol. The maximum atomic E-state index is 13.1. The fourth-order valence-electron chi connectivity index (χ4n) is 3.53. The van der Waals surface area contributed by atoms with Crippen LogP contribution in [0.1, 0.15) is 75.0 Å². The molecule has 0 aliphatic carbocycles. The van der Waals surface area contributed by atoms with Crippen LogP contribution in [0.15, 0.2) is 60.7 Å². The van der Waals surface area contributed by atoms with Crippen molar-refractivity contribution in [2.75, 3.05) is 6.61 Å². The Kier molecular flexibility index (Phi) is 11.4. The first-order chi connectivity index (χ1) is 16.3. The summed E-state index contributed by atoms with van der Waals surface area (Å²) in [5.74, 6) is -0.454. The Balaban J connectivity index is 1.99. The number of carboxylic acid groups (broad SMARTS) is 1. The minimum atomic E-state index is -4.48. The number of ether oxygens (including phenoxy) is 1. The molecule has 2 rings (SSSR count). The molecule has 0 aromatic heterocycles. The average molecular weight is 475 g/mol. The Labute approximate surface area is 200 Å². The highest BCUT2D eigenvalue weighted by Crippen LogP contribution is 2.32. The summed E-state index contributed by atoms with van der Waals surface area (Å²) in [4.78, 5) is 11.0. The van der Waals surface area contributed by atoms with Gasteiger partial charge >= 0.3 is 12.1 Å². The monoisotopic (exact) mass is 474 g/mol. The molecule has 0 aliphatic rings. The summed E-state index contributed by atoms with van der Waals surface area (Å²) >= 11 is 0. The molecular weight excluding hydrogens is 441 g/mol. The van der Waals surface area contributed by atoms with Gasteiger partial charge in [0, 0.05) is 6.08 Å².